The van der Waals surface area contributed by atoms with E-state index in [9.17, 15) is 8.42 Å². The zero-order chi connectivity index (χ0) is 23.6. The largest absolute Gasteiger partial charge is 0.474 e. The maximum absolute atomic E-state index is 11.2. The van der Waals surface area contributed by atoms with Gasteiger partial charge in [0.2, 0.25) is 5.88 Å². The molecule has 0 aliphatic carbocycles. The van der Waals surface area contributed by atoms with Crippen LogP contribution in [0.2, 0.25) is 0 Å². The molecule has 3 heterocycles. The Morgan fingerprint density at radius 1 is 1.36 bits per heavy atom. The third-order valence-corrected chi connectivity index (χ3v) is 6.20. The Morgan fingerprint density at radius 2 is 2.18 bits per heavy atom. The molecule has 1 aliphatic heterocycles. The molecule has 0 amide bonds. The smallest absolute Gasteiger partial charge is 0.264 e. The highest BCUT2D eigenvalue weighted by molar-refractivity contribution is 7.85. The summed E-state index contributed by atoms with van der Waals surface area (Å²) in [5.41, 5.74) is 3.20. The predicted octanol–water partition coefficient (Wildman–Crippen LogP) is 3.25. The summed E-state index contributed by atoms with van der Waals surface area (Å²) >= 11 is 0. The molecular weight excluding hydrogens is 444 g/mol. The van der Waals surface area contributed by atoms with Gasteiger partial charge in [-0.2, -0.15) is 18.6 Å². The van der Waals surface area contributed by atoms with Gasteiger partial charge in [-0.1, -0.05) is 6.07 Å². The molecule has 10 heteroatoms. The lowest BCUT2D eigenvalue weighted by Gasteiger charge is -2.23. The molecule has 1 aromatic carbocycles. The summed E-state index contributed by atoms with van der Waals surface area (Å²) in [4.78, 5) is 0. The van der Waals surface area contributed by atoms with Crippen LogP contribution in [0.25, 0.3) is 22.0 Å². The molecule has 0 N–H and O–H groups in total. The van der Waals surface area contributed by atoms with E-state index in [2.05, 4.69) is 16.1 Å². The molecule has 1 aliphatic rings. The molecule has 2 unspecified atom stereocenters. The zero-order valence-corrected chi connectivity index (χ0v) is 19.8. The average Bonchev–Trinajstić information content (AvgIpc) is 3.33. The van der Waals surface area contributed by atoms with Crippen molar-refractivity contribution >= 4 is 21.0 Å². The van der Waals surface area contributed by atoms with Gasteiger partial charge in [0.15, 0.2) is 6.23 Å². The second-order valence-corrected chi connectivity index (χ2v) is 9.86. The maximum Gasteiger partial charge on any atom is 0.264 e. The Hall–Kier alpha value is -2.87. The van der Waals surface area contributed by atoms with Crippen molar-refractivity contribution in [3.63, 3.8) is 0 Å². The first-order valence-corrected chi connectivity index (χ1v) is 12.7. The van der Waals surface area contributed by atoms with Gasteiger partial charge in [0.05, 0.1) is 36.2 Å². The highest BCUT2D eigenvalue weighted by Crippen LogP contribution is 2.35. The normalized spacial score (nSPS) is 17.7. The van der Waals surface area contributed by atoms with Crippen LogP contribution in [0.3, 0.4) is 0 Å². The number of nitrogens with zero attached hydrogens (tertiary/aromatic N) is 4. The van der Waals surface area contributed by atoms with Gasteiger partial charge in [-0.15, -0.1) is 6.42 Å². The highest BCUT2D eigenvalue weighted by Gasteiger charge is 2.22. The van der Waals surface area contributed by atoms with Gasteiger partial charge in [-0.3, -0.25) is 4.18 Å². The molecule has 1 fully saturated rings. The van der Waals surface area contributed by atoms with Crippen molar-refractivity contribution in [3.8, 4) is 29.4 Å². The van der Waals surface area contributed by atoms with Crippen LogP contribution in [-0.4, -0.2) is 53.6 Å². The summed E-state index contributed by atoms with van der Waals surface area (Å²) in [6.07, 6.45) is 11.6. The van der Waals surface area contributed by atoms with E-state index in [4.69, 9.17) is 20.1 Å². The molecule has 176 valence electrons. The summed E-state index contributed by atoms with van der Waals surface area (Å²) in [6, 6.07) is 5.99. The third-order valence-electron chi connectivity index (χ3n) is 5.60. The first kappa shape index (κ1) is 23.3. The number of ether oxygens (including phenoxy) is 2. The average molecular weight is 473 g/mol. The van der Waals surface area contributed by atoms with Crippen molar-refractivity contribution in [2.75, 3.05) is 19.5 Å². The fourth-order valence-electron chi connectivity index (χ4n) is 3.93. The standard InChI is InChI=1S/C23H28N4O5S/c1-5-20-18-14-17(9-10-21(18)27(25-20)22-8-6-7-12-30-22)19-15-24-26(3)23(19)32-16(2)11-13-31-33(4,28)29/h1,9-10,14-16,22H,6-8,11-13H2,2-4H3. The van der Waals surface area contributed by atoms with Crippen LogP contribution >= 0.6 is 0 Å². The van der Waals surface area contributed by atoms with Crippen LogP contribution in [0.15, 0.2) is 24.4 Å². The third kappa shape index (κ3) is 5.21. The Morgan fingerprint density at radius 3 is 2.88 bits per heavy atom. The SMILES string of the molecule is C#Cc1nn(C2CCCCO2)c2ccc(-c3cnn(C)c3OC(C)CCOS(C)(=O)=O)cc12. The number of hydrogen-bond donors (Lipinski definition) is 0. The summed E-state index contributed by atoms with van der Waals surface area (Å²) in [5.74, 6) is 3.27. The quantitative estimate of drug-likeness (QED) is 0.367. The van der Waals surface area contributed by atoms with Gasteiger partial charge in [-0.05, 0) is 49.8 Å². The second kappa shape index (κ2) is 9.55. The van der Waals surface area contributed by atoms with Crippen LogP contribution in [-0.2, 0) is 26.1 Å². The van der Waals surface area contributed by atoms with Crippen LogP contribution in [0, 0.1) is 12.3 Å². The first-order chi connectivity index (χ1) is 15.8. The molecule has 3 aromatic rings. The molecule has 1 saturated heterocycles. The summed E-state index contributed by atoms with van der Waals surface area (Å²) in [6.45, 7) is 2.63. The predicted molar refractivity (Wildman–Crippen MR) is 124 cm³/mol. The van der Waals surface area contributed by atoms with Gasteiger partial charge >= 0.3 is 0 Å². The van der Waals surface area contributed by atoms with Crippen LogP contribution in [0.4, 0.5) is 0 Å². The number of aromatic nitrogens is 4. The fourth-order valence-corrected chi connectivity index (χ4v) is 4.33. The Labute approximate surface area is 193 Å². The number of fused-ring (bicyclic) bond motifs is 1. The van der Waals surface area contributed by atoms with E-state index in [1.807, 2.05) is 29.8 Å². The molecule has 9 nitrogen and oxygen atoms in total. The van der Waals surface area contributed by atoms with Crippen molar-refractivity contribution in [3.05, 3.63) is 30.1 Å². The molecular formula is C23H28N4O5S. The van der Waals surface area contributed by atoms with Gasteiger partial charge in [0.1, 0.15) is 5.69 Å². The van der Waals surface area contributed by atoms with Gasteiger partial charge in [0, 0.05) is 25.5 Å². The molecule has 4 rings (SSSR count). The van der Waals surface area contributed by atoms with E-state index >= 15 is 0 Å². The van der Waals surface area contributed by atoms with Gasteiger partial charge < -0.3 is 9.47 Å². The number of benzene rings is 1. The first-order valence-electron chi connectivity index (χ1n) is 10.9. The maximum atomic E-state index is 11.2. The second-order valence-electron chi connectivity index (χ2n) is 8.22. The van der Waals surface area contributed by atoms with E-state index in [1.54, 1.807) is 17.9 Å². The molecule has 2 atom stereocenters. The van der Waals surface area contributed by atoms with Crippen LogP contribution < -0.4 is 4.74 Å². The Bertz CT molecular complexity index is 1280. The van der Waals surface area contributed by atoms with Crippen molar-refractivity contribution < 1.29 is 22.1 Å². The number of terminal acetylenes is 1. The summed E-state index contributed by atoms with van der Waals surface area (Å²) < 4.78 is 42.7. The van der Waals surface area contributed by atoms with E-state index in [0.29, 0.717) is 18.0 Å². The monoisotopic (exact) mass is 472 g/mol. The Balaban J connectivity index is 1.61. The van der Waals surface area contributed by atoms with Gasteiger partial charge in [0.25, 0.3) is 10.1 Å². The molecule has 0 bridgehead atoms. The minimum atomic E-state index is -3.48. The fraction of sp³-hybridized carbons (Fsp3) is 0.478. The van der Waals surface area contributed by atoms with Crippen LogP contribution in [0.5, 0.6) is 5.88 Å². The van der Waals surface area contributed by atoms with E-state index in [0.717, 1.165) is 54.2 Å². The molecule has 0 radical (unpaired) electrons. The lowest BCUT2D eigenvalue weighted by atomic mass is 10.1. The molecule has 2 aromatic heterocycles. The molecule has 0 saturated carbocycles. The van der Waals surface area contributed by atoms with Crippen molar-refractivity contribution in [2.24, 2.45) is 7.05 Å². The van der Waals surface area contributed by atoms with Crippen molar-refractivity contribution in [2.45, 2.75) is 44.9 Å². The lowest BCUT2D eigenvalue weighted by Crippen LogP contribution is -2.19. The van der Waals surface area contributed by atoms with E-state index in [-0.39, 0.29) is 18.9 Å². The number of hydrogen-bond acceptors (Lipinski definition) is 7. The lowest BCUT2D eigenvalue weighted by molar-refractivity contribution is -0.0367. The minimum absolute atomic E-state index is 0.0487. The van der Waals surface area contributed by atoms with Gasteiger partial charge in [-0.25, -0.2) is 9.36 Å². The van der Waals surface area contributed by atoms with Crippen LogP contribution in [0.1, 0.15) is 44.5 Å². The highest BCUT2D eigenvalue weighted by atomic mass is 32.2. The summed E-state index contributed by atoms with van der Waals surface area (Å²) in [5, 5.41) is 9.86. The summed E-state index contributed by atoms with van der Waals surface area (Å²) in [7, 11) is -1.69. The Kier molecular flexibility index (Phi) is 6.74. The van der Waals surface area contributed by atoms with Crippen molar-refractivity contribution in [1.29, 1.82) is 0 Å². The molecule has 33 heavy (non-hydrogen) atoms. The molecule has 0 spiro atoms. The number of aryl methyl sites for hydroxylation is 1. The number of rotatable bonds is 8. The minimum Gasteiger partial charge on any atom is -0.474 e. The van der Waals surface area contributed by atoms with E-state index in [1.165, 1.54) is 0 Å². The topological polar surface area (TPSA) is 97.5 Å². The van der Waals surface area contributed by atoms with Crippen molar-refractivity contribution in [1.82, 2.24) is 19.6 Å². The zero-order valence-electron chi connectivity index (χ0n) is 19.0. The van der Waals surface area contributed by atoms with E-state index < -0.39 is 10.1 Å².